The van der Waals surface area contributed by atoms with Gasteiger partial charge in [-0.25, -0.2) is 0 Å². The highest BCUT2D eigenvalue weighted by atomic mass is 16.5. The molecule has 0 bridgehead atoms. The predicted octanol–water partition coefficient (Wildman–Crippen LogP) is 4.67. The lowest BCUT2D eigenvalue weighted by Gasteiger charge is -2.20. The van der Waals surface area contributed by atoms with E-state index in [9.17, 15) is 5.26 Å². The molecule has 0 aliphatic heterocycles. The van der Waals surface area contributed by atoms with E-state index < -0.39 is 0 Å². The number of hydrogen-bond donors (Lipinski definition) is 0. The molecule has 2 aromatic carbocycles. The van der Waals surface area contributed by atoms with Crippen molar-refractivity contribution in [1.82, 2.24) is 0 Å². The van der Waals surface area contributed by atoms with E-state index in [1.165, 1.54) is 5.56 Å². The van der Waals surface area contributed by atoms with Gasteiger partial charge in [-0.2, -0.15) is 5.26 Å². The molecule has 21 heavy (non-hydrogen) atoms. The number of methoxy groups -OCH3 is 1. The standard InChI is InChI=1S/C19H21NO/c1-4-15-12-17(10-11-19(15)21-3)18(13-20)14(2)16-8-6-5-7-9-16/h5-12,14,18H,4H2,1-3H3. The smallest absolute Gasteiger partial charge is 0.122 e. The second-order valence-corrected chi connectivity index (χ2v) is 5.23. The fourth-order valence-corrected chi connectivity index (χ4v) is 2.69. The van der Waals surface area contributed by atoms with Crippen LogP contribution in [0, 0.1) is 11.3 Å². The normalized spacial score (nSPS) is 13.2. The van der Waals surface area contributed by atoms with Crippen LogP contribution in [0.2, 0.25) is 0 Å². The summed E-state index contributed by atoms with van der Waals surface area (Å²) >= 11 is 0. The van der Waals surface area contributed by atoms with Gasteiger partial charge >= 0.3 is 0 Å². The summed E-state index contributed by atoms with van der Waals surface area (Å²) < 4.78 is 5.37. The summed E-state index contributed by atoms with van der Waals surface area (Å²) in [7, 11) is 1.68. The second kappa shape index (κ2) is 6.95. The molecular weight excluding hydrogens is 258 g/mol. The van der Waals surface area contributed by atoms with Gasteiger partial charge < -0.3 is 4.74 Å². The first-order chi connectivity index (χ1) is 10.2. The lowest BCUT2D eigenvalue weighted by molar-refractivity contribution is 0.410. The van der Waals surface area contributed by atoms with E-state index in [0.29, 0.717) is 0 Å². The van der Waals surface area contributed by atoms with E-state index >= 15 is 0 Å². The largest absolute Gasteiger partial charge is 0.496 e. The van der Waals surface area contributed by atoms with Crippen molar-refractivity contribution in [2.45, 2.75) is 32.1 Å². The van der Waals surface area contributed by atoms with Crippen molar-refractivity contribution in [1.29, 1.82) is 5.26 Å². The Kier molecular flexibility index (Phi) is 5.00. The summed E-state index contributed by atoms with van der Waals surface area (Å²) in [6.07, 6.45) is 0.898. The van der Waals surface area contributed by atoms with Gasteiger partial charge in [0.05, 0.1) is 19.1 Å². The quantitative estimate of drug-likeness (QED) is 0.797. The minimum atomic E-state index is -0.149. The molecular formula is C19H21NO. The van der Waals surface area contributed by atoms with E-state index in [1.807, 2.05) is 30.3 Å². The van der Waals surface area contributed by atoms with Crippen molar-refractivity contribution >= 4 is 0 Å². The van der Waals surface area contributed by atoms with Crippen molar-refractivity contribution in [3.05, 3.63) is 65.2 Å². The summed E-state index contributed by atoms with van der Waals surface area (Å²) in [6.45, 7) is 4.21. The van der Waals surface area contributed by atoms with Gasteiger partial charge in [-0.05, 0) is 29.2 Å². The molecule has 0 heterocycles. The van der Waals surface area contributed by atoms with Gasteiger partial charge in [0.1, 0.15) is 5.75 Å². The molecule has 0 saturated heterocycles. The highest BCUT2D eigenvalue weighted by molar-refractivity contribution is 5.42. The Labute approximate surface area is 127 Å². The van der Waals surface area contributed by atoms with Crippen LogP contribution >= 0.6 is 0 Å². The minimum Gasteiger partial charge on any atom is -0.496 e. The maximum atomic E-state index is 9.62. The van der Waals surface area contributed by atoms with E-state index in [0.717, 1.165) is 23.3 Å². The Morgan fingerprint density at radius 1 is 1.10 bits per heavy atom. The zero-order chi connectivity index (χ0) is 15.2. The third-order valence-corrected chi connectivity index (χ3v) is 4.01. The first-order valence-corrected chi connectivity index (χ1v) is 7.32. The Morgan fingerprint density at radius 3 is 2.38 bits per heavy atom. The zero-order valence-electron chi connectivity index (χ0n) is 12.8. The fourth-order valence-electron chi connectivity index (χ4n) is 2.69. The molecule has 2 nitrogen and oxygen atoms in total. The highest BCUT2D eigenvalue weighted by Gasteiger charge is 2.21. The number of hydrogen-bond acceptors (Lipinski definition) is 2. The highest BCUT2D eigenvalue weighted by Crippen LogP contribution is 2.34. The molecule has 2 unspecified atom stereocenters. The van der Waals surface area contributed by atoms with Gasteiger partial charge in [0, 0.05) is 5.92 Å². The average Bonchev–Trinajstić information content (AvgIpc) is 2.56. The van der Waals surface area contributed by atoms with Crippen LogP contribution in [0.5, 0.6) is 5.75 Å². The van der Waals surface area contributed by atoms with Crippen LogP contribution in [0.1, 0.15) is 42.4 Å². The monoisotopic (exact) mass is 279 g/mol. The maximum Gasteiger partial charge on any atom is 0.122 e. The molecule has 2 rings (SSSR count). The molecule has 108 valence electrons. The number of rotatable bonds is 5. The summed E-state index contributed by atoms with van der Waals surface area (Å²) in [5.41, 5.74) is 3.40. The van der Waals surface area contributed by atoms with Crippen LogP contribution < -0.4 is 4.74 Å². The fraction of sp³-hybridized carbons (Fsp3) is 0.316. The minimum absolute atomic E-state index is 0.149. The molecule has 0 fully saturated rings. The van der Waals surface area contributed by atoms with Crippen LogP contribution in [0.15, 0.2) is 48.5 Å². The SMILES string of the molecule is CCc1cc(C(C#N)C(C)c2ccccc2)ccc1OC. The third kappa shape index (κ3) is 3.25. The Bertz CT molecular complexity index is 628. The van der Waals surface area contributed by atoms with Crippen LogP contribution in [0.4, 0.5) is 0 Å². The Hall–Kier alpha value is -2.27. The van der Waals surface area contributed by atoms with Gasteiger partial charge in [0.2, 0.25) is 0 Å². The lowest BCUT2D eigenvalue weighted by Crippen LogP contribution is -2.07. The summed E-state index contributed by atoms with van der Waals surface area (Å²) in [5.74, 6) is 0.906. The van der Waals surface area contributed by atoms with Crippen LogP contribution in [-0.4, -0.2) is 7.11 Å². The van der Waals surface area contributed by atoms with Gasteiger partial charge in [0.25, 0.3) is 0 Å². The van der Waals surface area contributed by atoms with Crippen molar-refractivity contribution in [3.63, 3.8) is 0 Å². The molecule has 0 aliphatic rings. The van der Waals surface area contributed by atoms with Gasteiger partial charge in [-0.15, -0.1) is 0 Å². The molecule has 2 atom stereocenters. The molecule has 0 aliphatic carbocycles. The zero-order valence-corrected chi connectivity index (χ0v) is 12.8. The first-order valence-electron chi connectivity index (χ1n) is 7.32. The van der Waals surface area contributed by atoms with Gasteiger partial charge in [0.15, 0.2) is 0 Å². The topological polar surface area (TPSA) is 33.0 Å². The third-order valence-electron chi connectivity index (χ3n) is 4.01. The Balaban J connectivity index is 2.36. The molecule has 0 amide bonds. The molecule has 0 aromatic heterocycles. The second-order valence-electron chi connectivity index (χ2n) is 5.23. The lowest BCUT2D eigenvalue weighted by atomic mass is 9.83. The van der Waals surface area contributed by atoms with Crippen molar-refractivity contribution in [2.24, 2.45) is 0 Å². The molecule has 0 saturated carbocycles. The summed E-state index contributed by atoms with van der Waals surface area (Å²) in [5, 5.41) is 9.62. The number of nitrogens with zero attached hydrogens (tertiary/aromatic N) is 1. The van der Waals surface area contributed by atoms with Gasteiger partial charge in [-0.1, -0.05) is 56.3 Å². The van der Waals surface area contributed by atoms with Crippen LogP contribution in [0.3, 0.4) is 0 Å². The van der Waals surface area contributed by atoms with Crippen molar-refractivity contribution < 1.29 is 4.74 Å². The number of aryl methyl sites for hydroxylation is 1. The van der Waals surface area contributed by atoms with Crippen LogP contribution in [0.25, 0.3) is 0 Å². The van der Waals surface area contributed by atoms with E-state index in [1.54, 1.807) is 7.11 Å². The number of benzene rings is 2. The first kappa shape index (κ1) is 15.1. The molecule has 0 radical (unpaired) electrons. The number of ether oxygens (including phenoxy) is 1. The van der Waals surface area contributed by atoms with E-state index in [-0.39, 0.29) is 11.8 Å². The summed E-state index contributed by atoms with van der Waals surface area (Å²) in [6, 6.07) is 18.7. The van der Waals surface area contributed by atoms with Crippen molar-refractivity contribution in [2.75, 3.05) is 7.11 Å². The average molecular weight is 279 g/mol. The Morgan fingerprint density at radius 2 is 1.81 bits per heavy atom. The van der Waals surface area contributed by atoms with Gasteiger partial charge in [-0.3, -0.25) is 0 Å². The maximum absolute atomic E-state index is 9.62. The molecule has 2 heteroatoms. The molecule has 0 spiro atoms. The van der Waals surface area contributed by atoms with Crippen LogP contribution in [-0.2, 0) is 6.42 Å². The molecule has 0 N–H and O–H groups in total. The van der Waals surface area contributed by atoms with E-state index in [4.69, 9.17) is 4.74 Å². The van der Waals surface area contributed by atoms with Crippen molar-refractivity contribution in [3.8, 4) is 11.8 Å². The number of nitriles is 1. The molecule has 2 aromatic rings. The van der Waals surface area contributed by atoms with E-state index in [2.05, 4.69) is 38.1 Å². The summed E-state index contributed by atoms with van der Waals surface area (Å²) in [4.78, 5) is 0. The predicted molar refractivity (Wildman–Crippen MR) is 85.6 cm³/mol.